The summed E-state index contributed by atoms with van der Waals surface area (Å²) < 4.78 is 31.2. The van der Waals surface area contributed by atoms with Crippen molar-refractivity contribution >= 4 is 15.9 Å². The Morgan fingerprint density at radius 3 is 2.62 bits per heavy atom. The maximum absolute atomic E-state index is 13.4. The molecule has 1 aliphatic rings. The predicted octanol–water partition coefficient (Wildman–Crippen LogP) is 1.96. The standard InChI is InChI=1S/C22H28N6O3S/c1-3-28-21(18-11-7-8-12-19(18)26-28)22(29)25-20(16-9-5-4-6-10-16)14-24-32(30,31)17-13-23-27(2)15-17/h4-6,9-10,13,15,20,24H,3,7-8,11-12,14H2,1-2H3,(H,25,29). The van der Waals surface area contributed by atoms with Crippen LogP contribution in [0.5, 0.6) is 0 Å². The van der Waals surface area contributed by atoms with Crippen LogP contribution in [0.15, 0.2) is 47.6 Å². The van der Waals surface area contributed by atoms with Gasteiger partial charge in [0.2, 0.25) is 10.0 Å². The molecule has 0 fully saturated rings. The molecule has 0 radical (unpaired) electrons. The van der Waals surface area contributed by atoms with Crippen molar-refractivity contribution < 1.29 is 13.2 Å². The lowest BCUT2D eigenvalue weighted by molar-refractivity contribution is 0.0925. The van der Waals surface area contributed by atoms with Gasteiger partial charge in [-0.25, -0.2) is 13.1 Å². The first kappa shape index (κ1) is 22.2. The van der Waals surface area contributed by atoms with Crippen LogP contribution < -0.4 is 10.0 Å². The highest BCUT2D eigenvalue weighted by atomic mass is 32.2. The SMILES string of the molecule is CCn1nc2c(c1C(=O)NC(CNS(=O)(=O)c1cnn(C)c1)c1ccccc1)CCCC2. The average Bonchev–Trinajstić information content (AvgIpc) is 3.41. The highest BCUT2D eigenvalue weighted by Gasteiger charge is 2.27. The van der Waals surface area contributed by atoms with Gasteiger partial charge < -0.3 is 5.32 Å². The first-order valence-corrected chi connectivity index (χ1v) is 12.3. The zero-order valence-electron chi connectivity index (χ0n) is 18.3. The summed E-state index contributed by atoms with van der Waals surface area (Å²) in [6, 6.07) is 8.80. The lowest BCUT2D eigenvalue weighted by Crippen LogP contribution is -2.38. The number of carbonyl (C=O) groups is 1. The van der Waals surface area contributed by atoms with E-state index in [2.05, 4.69) is 20.2 Å². The Bertz CT molecular complexity index is 1200. The Morgan fingerprint density at radius 2 is 1.94 bits per heavy atom. The number of hydrogen-bond donors (Lipinski definition) is 2. The van der Waals surface area contributed by atoms with Crippen molar-refractivity contribution in [2.45, 2.75) is 50.1 Å². The van der Waals surface area contributed by atoms with Gasteiger partial charge in [-0.1, -0.05) is 30.3 Å². The van der Waals surface area contributed by atoms with Gasteiger partial charge in [-0.2, -0.15) is 10.2 Å². The van der Waals surface area contributed by atoms with Crippen molar-refractivity contribution in [3.8, 4) is 0 Å². The zero-order valence-corrected chi connectivity index (χ0v) is 19.1. The Labute approximate surface area is 187 Å². The molecule has 0 spiro atoms. The minimum atomic E-state index is -3.76. The third kappa shape index (κ3) is 4.61. The molecule has 1 aromatic carbocycles. The number of aromatic nitrogens is 4. The second-order valence-corrected chi connectivity index (χ2v) is 9.70. The topological polar surface area (TPSA) is 111 Å². The molecule has 1 unspecified atom stereocenters. The van der Waals surface area contributed by atoms with E-state index in [1.807, 2.05) is 37.3 Å². The van der Waals surface area contributed by atoms with Gasteiger partial charge in [0, 0.05) is 31.9 Å². The van der Waals surface area contributed by atoms with Gasteiger partial charge in [0.25, 0.3) is 5.91 Å². The minimum Gasteiger partial charge on any atom is -0.343 e. The van der Waals surface area contributed by atoms with Crippen molar-refractivity contribution in [3.63, 3.8) is 0 Å². The van der Waals surface area contributed by atoms with E-state index >= 15 is 0 Å². The van der Waals surface area contributed by atoms with Crippen LogP contribution >= 0.6 is 0 Å². The number of amides is 1. The predicted molar refractivity (Wildman–Crippen MR) is 120 cm³/mol. The summed E-state index contributed by atoms with van der Waals surface area (Å²) in [5, 5.41) is 11.6. The van der Waals surface area contributed by atoms with E-state index in [1.165, 1.54) is 17.1 Å². The maximum atomic E-state index is 13.4. The summed E-state index contributed by atoms with van der Waals surface area (Å²) in [5.41, 5.74) is 3.40. The van der Waals surface area contributed by atoms with E-state index in [4.69, 9.17) is 0 Å². The number of sulfonamides is 1. The zero-order chi connectivity index (χ0) is 22.7. The van der Waals surface area contributed by atoms with E-state index in [9.17, 15) is 13.2 Å². The Hall–Kier alpha value is -2.98. The fourth-order valence-electron chi connectivity index (χ4n) is 4.07. The third-order valence-corrected chi connectivity index (χ3v) is 7.09. The van der Waals surface area contributed by atoms with E-state index in [0.29, 0.717) is 12.2 Å². The number of carbonyl (C=O) groups excluding carboxylic acids is 1. The van der Waals surface area contributed by atoms with E-state index < -0.39 is 16.1 Å². The molecule has 2 N–H and O–H groups in total. The molecule has 10 heteroatoms. The number of nitrogens with zero attached hydrogens (tertiary/aromatic N) is 4. The van der Waals surface area contributed by atoms with Gasteiger partial charge in [-0.05, 0) is 38.2 Å². The van der Waals surface area contributed by atoms with Crippen molar-refractivity contribution in [3.05, 3.63) is 65.2 Å². The number of nitrogens with one attached hydrogen (secondary N) is 2. The lowest BCUT2D eigenvalue weighted by atomic mass is 9.95. The smallest absolute Gasteiger partial charge is 0.270 e. The summed E-state index contributed by atoms with van der Waals surface area (Å²) >= 11 is 0. The van der Waals surface area contributed by atoms with Gasteiger partial charge in [-0.3, -0.25) is 14.2 Å². The number of fused-ring (bicyclic) bond motifs is 1. The monoisotopic (exact) mass is 456 g/mol. The molecule has 1 atom stereocenters. The summed E-state index contributed by atoms with van der Waals surface area (Å²) in [5.74, 6) is -0.239. The summed E-state index contributed by atoms with van der Waals surface area (Å²) in [6.45, 7) is 2.57. The lowest BCUT2D eigenvalue weighted by Gasteiger charge is -2.21. The fourth-order valence-corrected chi connectivity index (χ4v) is 5.10. The normalized spacial score (nSPS) is 14.7. The molecular formula is C22H28N6O3S. The van der Waals surface area contributed by atoms with Crippen LogP contribution in [0.2, 0.25) is 0 Å². The van der Waals surface area contributed by atoms with Gasteiger partial charge in [-0.15, -0.1) is 0 Å². The molecule has 0 aliphatic heterocycles. The molecule has 32 heavy (non-hydrogen) atoms. The third-order valence-electron chi connectivity index (χ3n) is 5.71. The minimum absolute atomic E-state index is 0.00936. The van der Waals surface area contributed by atoms with Crippen molar-refractivity contribution in [1.82, 2.24) is 29.6 Å². The second-order valence-electron chi connectivity index (χ2n) is 7.94. The highest BCUT2D eigenvalue weighted by molar-refractivity contribution is 7.89. The summed E-state index contributed by atoms with van der Waals surface area (Å²) in [4.78, 5) is 13.5. The average molecular weight is 457 g/mol. The first-order chi connectivity index (χ1) is 15.4. The van der Waals surface area contributed by atoms with Crippen LogP contribution in [-0.2, 0) is 36.5 Å². The molecule has 4 rings (SSSR count). The van der Waals surface area contributed by atoms with Gasteiger partial charge >= 0.3 is 0 Å². The molecule has 0 bridgehead atoms. The van der Waals surface area contributed by atoms with Gasteiger partial charge in [0.1, 0.15) is 10.6 Å². The Kier molecular flexibility index (Phi) is 6.43. The Balaban J connectivity index is 1.58. The van der Waals surface area contributed by atoms with Crippen molar-refractivity contribution in [1.29, 1.82) is 0 Å². The number of aryl methyl sites for hydroxylation is 3. The van der Waals surface area contributed by atoms with Crippen molar-refractivity contribution in [2.75, 3.05) is 6.54 Å². The quantitative estimate of drug-likeness (QED) is 0.538. The van der Waals surface area contributed by atoms with Crippen LogP contribution in [0.3, 0.4) is 0 Å². The molecule has 2 aromatic heterocycles. The number of rotatable bonds is 8. The molecule has 9 nitrogen and oxygen atoms in total. The van der Waals surface area contributed by atoms with E-state index in [-0.39, 0.29) is 17.3 Å². The molecule has 170 valence electrons. The van der Waals surface area contributed by atoms with Crippen LogP contribution in [0.1, 0.15) is 53.1 Å². The summed E-state index contributed by atoms with van der Waals surface area (Å²) in [6.07, 6.45) is 6.57. The molecular weight excluding hydrogens is 428 g/mol. The van der Waals surface area contributed by atoms with E-state index in [1.54, 1.807) is 11.7 Å². The summed E-state index contributed by atoms with van der Waals surface area (Å²) in [7, 11) is -2.11. The largest absolute Gasteiger partial charge is 0.343 e. The molecule has 2 heterocycles. The number of hydrogen-bond acceptors (Lipinski definition) is 5. The van der Waals surface area contributed by atoms with Gasteiger partial charge in [0.05, 0.1) is 17.9 Å². The van der Waals surface area contributed by atoms with E-state index in [0.717, 1.165) is 42.5 Å². The molecule has 0 saturated carbocycles. The molecule has 1 amide bonds. The number of benzene rings is 1. The second kappa shape index (κ2) is 9.25. The van der Waals surface area contributed by atoms with Crippen LogP contribution in [0.25, 0.3) is 0 Å². The fraction of sp³-hybridized carbons (Fsp3) is 0.409. The van der Waals surface area contributed by atoms with Crippen LogP contribution in [-0.4, -0.2) is 40.4 Å². The highest BCUT2D eigenvalue weighted by Crippen LogP contribution is 2.25. The van der Waals surface area contributed by atoms with Crippen LogP contribution in [0, 0.1) is 0 Å². The van der Waals surface area contributed by atoms with Crippen LogP contribution in [0.4, 0.5) is 0 Å². The van der Waals surface area contributed by atoms with Crippen molar-refractivity contribution in [2.24, 2.45) is 7.05 Å². The maximum Gasteiger partial charge on any atom is 0.270 e. The van der Waals surface area contributed by atoms with Gasteiger partial charge in [0.15, 0.2) is 0 Å². The molecule has 0 saturated heterocycles. The Morgan fingerprint density at radius 1 is 1.19 bits per heavy atom. The molecule has 3 aromatic rings. The molecule has 1 aliphatic carbocycles. The first-order valence-electron chi connectivity index (χ1n) is 10.8.